The maximum absolute atomic E-state index is 10.9. The average molecular weight is 379 g/mol. The minimum atomic E-state index is -0.157. The highest BCUT2D eigenvalue weighted by atomic mass is 16.5. The Morgan fingerprint density at radius 2 is 1.75 bits per heavy atom. The summed E-state index contributed by atoms with van der Waals surface area (Å²) in [5.74, 6) is 1.76. The van der Waals surface area contributed by atoms with Gasteiger partial charge in [0, 0.05) is 30.3 Å². The second-order valence-corrected chi connectivity index (χ2v) is 6.88. The van der Waals surface area contributed by atoms with Gasteiger partial charge in [0.15, 0.2) is 0 Å². The molecule has 1 heterocycles. The molecule has 5 heteroatoms. The molecule has 1 aliphatic heterocycles. The third kappa shape index (κ3) is 3.39. The van der Waals surface area contributed by atoms with Crippen molar-refractivity contribution in [2.45, 2.75) is 6.04 Å². The lowest BCUT2D eigenvalue weighted by molar-refractivity contribution is 0.0234. The van der Waals surface area contributed by atoms with Crippen molar-refractivity contribution in [3.05, 3.63) is 65.7 Å². The van der Waals surface area contributed by atoms with Crippen molar-refractivity contribution >= 4 is 10.8 Å². The first-order valence-electron chi connectivity index (χ1n) is 9.47. The van der Waals surface area contributed by atoms with Gasteiger partial charge in [-0.25, -0.2) is 0 Å². The van der Waals surface area contributed by atoms with Crippen LogP contribution in [-0.4, -0.2) is 50.5 Å². The van der Waals surface area contributed by atoms with Gasteiger partial charge in [-0.2, -0.15) is 0 Å². The highest BCUT2D eigenvalue weighted by Gasteiger charge is 2.30. The van der Waals surface area contributed by atoms with Crippen LogP contribution in [0.3, 0.4) is 0 Å². The van der Waals surface area contributed by atoms with Gasteiger partial charge in [0.05, 0.1) is 33.5 Å². The third-order valence-electron chi connectivity index (χ3n) is 5.37. The van der Waals surface area contributed by atoms with E-state index in [1.54, 1.807) is 20.3 Å². The van der Waals surface area contributed by atoms with Gasteiger partial charge in [-0.05, 0) is 29.0 Å². The number of nitrogens with zero attached hydrogens (tertiary/aromatic N) is 1. The van der Waals surface area contributed by atoms with Crippen molar-refractivity contribution in [1.29, 1.82) is 0 Å². The Morgan fingerprint density at radius 3 is 2.50 bits per heavy atom. The van der Waals surface area contributed by atoms with Crippen LogP contribution < -0.4 is 9.47 Å². The van der Waals surface area contributed by atoms with Gasteiger partial charge in [-0.15, -0.1) is 0 Å². The van der Waals surface area contributed by atoms with E-state index in [-0.39, 0.29) is 11.8 Å². The van der Waals surface area contributed by atoms with Crippen LogP contribution in [0.15, 0.2) is 54.6 Å². The molecule has 146 valence electrons. The molecule has 3 aromatic carbocycles. The molecular formula is C23H25NO4. The van der Waals surface area contributed by atoms with Crippen LogP contribution in [0.2, 0.25) is 0 Å². The molecule has 3 aromatic rings. The third-order valence-corrected chi connectivity index (χ3v) is 5.37. The molecule has 0 aromatic heterocycles. The first-order valence-corrected chi connectivity index (χ1v) is 9.47. The Kier molecular flexibility index (Phi) is 5.37. The second kappa shape index (κ2) is 8.09. The van der Waals surface area contributed by atoms with Crippen LogP contribution in [0.5, 0.6) is 17.2 Å². The summed E-state index contributed by atoms with van der Waals surface area (Å²) in [6.07, 6.45) is 0. The van der Waals surface area contributed by atoms with Crippen LogP contribution in [0, 0.1) is 0 Å². The maximum Gasteiger partial charge on any atom is 0.127 e. The number of ether oxygens (including phenoxy) is 3. The molecule has 0 saturated carbocycles. The minimum absolute atomic E-state index is 0.157. The molecule has 28 heavy (non-hydrogen) atoms. The molecule has 0 bridgehead atoms. The smallest absolute Gasteiger partial charge is 0.127 e. The largest absolute Gasteiger partial charge is 0.508 e. The normalized spacial score (nSPS) is 16.1. The molecule has 1 fully saturated rings. The van der Waals surface area contributed by atoms with E-state index in [0.29, 0.717) is 13.2 Å². The fourth-order valence-electron chi connectivity index (χ4n) is 3.99. The number of methoxy groups -OCH3 is 2. The Hall–Kier alpha value is -2.76. The lowest BCUT2D eigenvalue weighted by atomic mass is 9.90. The standard InChI is InChI=1S/C23H25NO4/c1-26-17-8-9-19(21(15-17)27-2)23(24-11-13-28-14-12-24)22-18-6-4-3-5-16(18)7-10-20(22)25/h3-10,15,23,25H,11-14H2,1-2H3/t23-/m1/s1. The van der Waals surface area contributed by atoms with E-state index in [1.807, 2.05) is 36.4 Å². The number of morpholine rings is 1. The van der Waals surface area contributed by atoms with Gasteiger partial charge in [0.25, 0.3) is 0 Å². The first kappa shape index (κ1) is 18.6. The molecule has 4 rings (SSSR count). The summed E-state index contributed by atoms with van der Waals surface area (Å²) in [5, 5.41) is 13.0. The van der Waals surface area contributed by atoms with E-state index >= 15 is 0 Å². The Morgan fingerprint density at radius 1 is 0.964 bits per heavy atom. The lowest BCUT2D eigenvalue weighted by Gasteiger charge is -2.36. The summed E-state index contributed by atoms with van der Waals surface area (Å²) in [5.41, 5.74) is 1.89. The summed E-state index contributed by atoms with van der Waals surface area (Å²) in [6.45, 7) is 2.89. The van der Waals surface area contributed by atoms with Crippen molar-refractivity contribution in [2.24, 2.45) is 0 Å². The number of aromatic hydroxyl groups is 1. The van der Waals surface area contributed by atoms with Gasteiger partial charge in [-0.3, -0.25) is 4.90 Å². The molecule has 0 amide bonds. The minimum Gasteiger partial charge on any atom is -0.508 e. The quantitative estimate of drug-likeness (QED) is 0.727. The van der Waals surface area contributed by atoms with E-state index in [1.165, 1.54) is 0 Å². The maximum atomic E-state index is 10.9. The van der Waals surface area contributed by atoms with Crippen molar-refractivity contribution < 1.29 is 19.3 Å². The van der Waals surface area contributed by atoms with Gasteiger partial charge in [-0.1, -0.05) is 30.3 Å². The summed E-state index contributed by atoms with van der Waals surface area (Å²) in [6, 6.07) is 17.6. The number of hydrogen-bond donors (Lipinski definition) is 1. The van der Waals surface area contributed by atoms with Crippen LogP contribution in [0.4, 0.5) is 0 Å². The van der Waals surface area contributed by atoms with Crippen LogP contribution in [0.1, 0.15) is 17.2 Å². The van der Waals surface area contributed by atoms with Gasteiger partial charge < -0.3 is 19.3 Å². The average Bonchev–Trinajstić information content (AvgIpc) is 2.76. The fourth-order valence-corrected chi connectivity index (χ4v) is 3.99. The Bertz CT molecular complexity index is 966. The molecule has 1 N–H and O–H groups in total. The van der Waals surface area contributed by atoms with Crippen molar-refractivity contribution in [3.63, 3.8) is 0 Å². The molecule has 1 atom stereocenters. The van der Waals surface area contributed by atoms with Gasteiger partial charge in [0.2, 0.25) is 0 Å². The summed E-state index contributed by atoms with van der Waals surface area (Å²) in [4.78, 5) is 2.34. The van der Waals surface area contributed by atoms with E-state index in [2.05, 4.69) is 17.0 Å². The molecule has 0 spiro atoms. The molecule has 0 aliphatic carbocycles. The van der Waals surface area contributed by atoms with Crippen molar-refractivity contribution in [2.75, 3.05) is 40.5 Å². The monoisotopic (exact) mass is 379 g/mol. The SMILES string of the molecule is COc1ccc([C@H](c2c(O)ccc3ccccc23)N2CCOCC2)c(OC)c1. The molecule has 1 aliphatic rings. The topological polar surface area (TPSA) is 51.2 Å². The predicted molar refractivity (Wildman–Crippen MR) is 109 cm³/mol. The van der Waals surface area contributed by atoms with Crippen molar-refractivity contribution in [3.8, 4) is 17.2 Å². The zero-order valence-corrected chi connectivity index (χ0v) is 16.2. The van der Waals surface area contributed by atoms with E-state index in [4.69, 9.17) is 14.2 Å². The zero-order valence-electron chi connectivity index (χ0n) is 16.2. The van der Waals surface area contributed by atoms with Gasteiger partial charge in [0.1, 0.15) is 17.2 Å². The fraction of sp³-hybridized carbons (Fsp3) is 0.304. The number of fused-ring (bicyclic) bond motifs is 1. The molecule has 5 nitrogen and oxygen atoms in total. The zero-order chi connectivity index (χ0) is 19.5. The van der Waals surface area contributed by atoms with Crippen LogP contribution in [0.25, 0.3) is 10.8 Å². The first-order chi connectivity index (χ1) is 13.7. The number of phenolic OH excluding ortho intramolecular Hbond substituents is 1. The Balaban J connectivity index is 1.95. The highest BCUT2D eigenvalue weighted by molar-refractivity contribution is 5.88. The van der Waals surface area contributed by atoms with Crippen LogP contribution >= 0.6 is 0 Å². The molecule has 0 radical (unpaired) electrons. The summed E-state index contributed by atoms with van der Waals surface area (Å²) in [7, 11) is 3.31. The van der Waals surface area contributed by atoms with E-state index in [9.17, 15) is 5.11 Å². The molecule has 1 saturated heterocycles. The number of benzene rings is 3. The Labute approximate surface area is 165 Å². The van der Waals surface area contributed by atoms with Gasteiger partial charge >= 0.3 is 0 Å². The predicted octanol–water partition coefficient (Wildman–Crippen LogP) is 3.98. The lowest BCUT2D eigenvalue weighted by Crippen LogP contribution is -2.39. The molecular weight excluding hydrogens is 354 g/mol. The second-order valence-electron chi connectivity index (χ2n) is 6.88. The van der Waals surface area contributed by atoms with Crippen LogP contribution in [-0.2, 0) is 4.74 Å². The number of hydrogen-bond acceptors (Lipinski definition) is 5. The van der Waals surface area contributed by atoms with E-state index < -0.39 is 0 Å². The van der Waals surface area contributed by atoms with E-state index in [0.717, 1.165) is 46.5 Å². The highest BCUT2D eigenvalue weighted by Crippen LogP contribution is 2.43. The summed E-state index contributed by atoms with van der Waals surface area (Å²) < 4.78 is 16.7. The summed E-state index contributed by atoms with van der Waals surface area (Å²) >= 11 is 0. The van der Waals surface area contributed by atoms with Crippen molar-refractivity contribution in [1.82, 2.24) is 4.90 Å². The number of phenols is 1. The molecule has 0 unspecified atom stereocenters. The number of rotatable bonds is 5.